The minimum absolute atomic E-state index is 0.560. The maximum atomic E-state index is 5.75. The van der Waals surface area contributed by atoms with Crippen LogP contribution in [0.15, 0.2) is 22.7 Å². The number of rotatable bonds is 2. The van der Waals surface area contributed by atoms with E-state index in [2.05, 4.69) is 48.0 Å². The Kier molecular flexibility index (Phi) is 3.60. The summed E-state index contributed by atoms with van der Waals surface area (Å²) in [5, 5.41) is 0. The van der Waals surface area contributed by atoms with Crippen molar-refractivity contribution in [2.24, 2.45) is 0 Å². The molecule has 0 fully saturated rings. The molecule has 0 atom stereocenters. The monoisotopic (exact) mass is 246 g/mol. The van der Waals surface area contributed by atoms with Crippen molar-refractivity contribution in [3.8, 4) is 0 Å². The van der Waals surface area contributed by atoms with E-state index in [1.165, 1.54) is 11.1 Å². The molecule has 1 aromatic rings. The Morgan fingerprint density at radius 1 is 1.33 bits per heavy atom. The highest BCUT2D eigenvalue weighted by atomic mass is 79.9. The summed E-state index contributed by atoms with van der Waals surface area (Å²) in [4.78, 5) is 0. The Hall–Kier alpha value is -0.0100. The topological polar surface area (TPSA) is 0 Å². The first-order chi connectivity index (χ1) is 5.63. The van der Waals surface area contributed by atoms with Crippen molar-refractivity contribution in [1.29, 1.82) is 0 Å². The average molecular weight is 248 g/mol. The van der Waals surface area contributed by atoms with Crippen molar-refractivity contribution in [2.45, 2.75) is 25.6 Å². The van der Waals surface area contributed by atoms with Gasteiger partial charge in [0.1, 0.15) is 0 Å². The number of hydrogen-bond donors (Lipinski definition) is 0. The highest BCUT2D eigenvalue weighted by Crippen LogP contribution is 2.22. The molecule has 0 aliphatic heterocycles. The van der Waals surface area contributed by atoms with Crippen molar-refractivity contribution in [2.75, 3.05) is 0 Å². The van der Waals surface area contributed by atoms with Crippen LogP contribution in [0, 0.1) is 0 Å². The summed E-state index contributed by atoms with van der Waals surface area (Å²) in [6, 6.07) is 6.35. The predicted octanol–water partition coefficient (Wildman–Crippen LogP) is 4.31. The first-order valence-electron chi connectivity index (χ1n) is 3.99. The summed E-state index contributed by atoms with van der Waals surface area (Å²) in [5.74, 6) is 1.14. The summed E-state index contributed by atoms with van der Waals surface area (Å²) in [7, 11) is 0. The van der Waals surface area contributed by atoms with Crippen molar-refractivity contribution in [3.63, 3.8) is 0 Å². The maximum Gasteiger partial charge on any atom is 0.0474 e. The second kappa shape index (κ2) is 4.29. The number of halogens is 2. The Labute approximate surface area is 87.1 Å². The lowest BCUT2D eigenvalue weighted by molar-refractivity contribution is 0.863. The minimum Gasteiger partial charge on any atom is -0.122 e. The Morgan fingerprint density at radius 2 is 2.00 bits per heavy atom. The maximum absolute atomic E-state index is 5.75. The first kappa shape index (κ1) is 10.1. The molecule has 66 valence electrons. The molecule has 0 aliphatic rings. The van der Waals surface area contributed by atoms with Gasteiger partial charge < -0.3 is 0 Å². The zero-order valence-corrected chi connectivity index (χ0v) is 9.61. The molecule has 0 saturated carbocycles. The van der Waals surface area contributed by atoms with Gasteiger partial charge in [0.25, 0.3) is 0 Å². The summed E-state index contributed by atoms with van der Waals surface area (Å²) in [5.41, 5.74) is 2.51. The van der Waals surface area contributed by atoms with Crippen LogP contribution in [-0.2, 0) is 5.88 Å². The molecular formula is C10H12BrCl. The number of benzene rings is 1. The van der Waals surface area contributed by atoms with Gasteiger partial charge in [0.2, 0.25) is 0 Å². The van der Waals surface area contributed by atoms with Crippen LogP contribution in [0.3, 0.4) is 0 Å². The van der Waals surface area contributed by atoms with Crippen LogP contribution in [0.25, 0.3) is 0 Å². The van der Waals surface area contributed by atoms with E-state index in [1.807, 2.05) is 0 Å². The molecule has 0 amide bonds. The molecule has 0 saturated heterocycles. The molecule has 12 heavy (non-hydrogen) atoms. The van der Waals surface area contributed by atoms with Crippen molar-refractivity contribution < 1.29 is 0 Å². The Balaban J connectivity index is 3.06. The van der Waals surface area contributed by atoms with Gasteiger partial charge in [-0.2, -0.15) is 0 Å². The lowest BCUT2D eigenvalue weighted by Crippen LogP contribution is -1.89. The molecule has 2 heteroatoms. The predicted molar refractivity (Wildman–Crippen MR) is 57.8 cm³/mol. The minimum atomic E-state index is 0.560. The summed E-state index contributed by atoms with van der Waals surface area (Å²) in [6.45, 7) is 4.36. The van der Waals surface area contributed by atoms with Gasteiger partial charge in [-0.15, -0.1) is 11.6 Å². The van der Waals surface area contributed by atoms with E-state index in [9.17, 15) is 0 Å². The number of alkyl halides is 1. The second-order valence-corrected chi connectivity index (χ2v) is 4.36. The third-order valence-corrected chi connectivity index (χ3v) is 2.57. The lowest BCUT2D eigenvalue weighted by Gasteiger charge is -2.07. The van der Waals surface area contributed by atoms with Crippen molar-refractivity contribution in [1.82, 2.24) is 0 Å². The van der Waals surface area contributed by atoms with E-state index in [1.54, 1.807) is 0 Å². The third kappa shape index (κ3) is 2.49. The highest BCUT2D eigenvalue weighted by molar-refractivity contribution is 9.10. The third-order valence-electron chi connectivity index (χ3n) is 1.80. The normalized spacial score (nSPS) is 10.8. The van der Waals surface area contributed by atoms with E-state index >= 15 is 0 Å². The molecule has 0 N–H and O–H groups in total. The molecule has 0 aromatic heterocycles. The van der Waals surface area contributed by atoms with Crippen LogP contribution in [-0.4, -0.2) is 0 Å². The van der Waals surface area contributed by atoms with Crippen LogP contribution >= 0.6 is 27.5 Å². The largest absolute Gasteiger partial charge is 0.122 e. The summed E-state index contributed by atoms with van der Waals surface area (Å²) < 4.78 is 1.12. The van der Waals surface area contributed by atoms with Gasteiger partial charge in [0.05, 0.1) is 0 Å². The van der Waals surface area contributed by atoms with Crippen molar-refractivity contribution >= 4 is 27.5 Å². The molecule has 1 rings (SSSR count). The van der Waals surface area contributed by atoms with Gasteiger partial charge in [0.15, 0.2) is 0 Å². The Morgan fingerprint density at radius 3 is 2.50 bits per heavy atom. The molecule has 0 spiro atoms. The Bertz CT molecular complexity index is 269. The highest BCUT2D eigenvalue weighted by Gasteiger charge is 2.01. The van der Waals surface area contributed by atoms with Gasteiger partial charge in [-0.1, -0.05) is 35.8 Å². The summed E-state index contributed by atoms with van der Waals surface area (Å²) in [6.07, 6.45) is 0. The van der Waals surface area contributed by atoms with Crippen LogP contribution < -0.4 is 0 Å². The van der Waals surface area contributed by atoms with Crippen LogP contribution in [0.5, 0.6) is 0 Å². The standard InChI is InChI=1S/C10H12BrCl/c1-7(2)9-3-8(6-12)4-10(11)5-9/h3-5,7H,6H2,1-2H3. The van der Waals surface area contributed by atoms with Crippen molar-refractivity contribution in [3.05, 3.63) is 33.8 Å². The fourth-order valence-corrected chi connectivity index (χ4v) is 1.80. The van der Waals surface area contributed by atoms with E-state index < -0.39 is 0 Å². The van der Waals surface area contributed by atoms with E-state index in [4.69, 9.17) is 11.6 Å². The van der Waals surface area contributed by atoms with Gasteiger partial charge in [-0.3, -0.25) is 0 Å². The second-order valence-electron chi connectivity index (χ2n) is 3.18. The molecule has 0 bridgehead atoms. The van der Waals surface area contributed by atoms with Gasteiger partial charge in [-0.25, -0.2) is 0 Å². The zero-order valence-electron chi connectivity index (χ0n) is 7.27. The molecule has 0 heterocycles. The quantitative estimate of drug-likeness (QED) is 0.683. The molecule has 0 radical (unpaired) electrons. The van der Waals surface area contributed by atoms with Crippen LogP contribution in [0.4, 0.5) is 0 Å². The summed E-state index contributed by atoms with van der Waals surface area (Å²) >= 11 is 9.22. The fraction of sp³-hybridized carbons (Fsp3) is 0.400. The molecule has 0 nitrogen and oxygen atoms in total. The lowest BCUT2D eigenvalue weighted by atomic mass is 10.0. The van der Waals surface area contributed by atoms with Gasteiger partial charge >= 0.3 is 0 Å². The molecular weight excluding hydrogens is 235 g/mol. The smallest absolute Gasteiger partial charge is 0.0474 e. The van der Waals surface area contributed by atoms with Gasteiger partial charge in [0, 0.05) is 10.4 Å². The molecule has 0 unspecified atom stereocenters. The number of hydrogen-bond acceptors (Lipinski definition) is 0. The first-order valence-corrected chi connectivity index (χ1v) is 5.31. The van der Waals surface area contributed by atoms with E-state index in [0.29, 0.717) is 11.8 Å². The zero-order chi connectivity index (χ0) is 9.14. The SMILES string of the molecule is CC(C)c1cc(Br)cc(CCl)c1. The van der Waals surface area contributed by atoms with E-state index in [0.717, 1.165) is 4.47 Å². The molecule has 1 aromatic carbocycles. The fourth-order valence-electron chi connectivity index (χ4n) is 1.09. The van der Waals surface area contributed by atoms with E-state index in [-0.39, 0.29) is 0 Å². The van der Waals surface area contributed by atoms with Crippen LogP contribution in [0.1, 0.15) is 30.9 Å². The molecule has 0 aliphatic carbocycles. The average Bonchev–Trinajstić information content (AvgIpc) is 2.03. The van der Waals surface area contributed by atoms with Crippen LogP contribution in [0.2, 0.25) is 0 Å². The van der Waals surface area contributed by atoms with Gasteiger partial charge in [-0.05, 0) is 29.2 Å².